The van der Waals surface area contributed by atoms with Crippen LogP contribution in [-0.2, 0) is 0 Å². The maximum atomic E-state index is 6.24. The molecule has 1 aliphatic heterocycles. The van der Waals surface area contributed by atoms with Gasteiger partial charge >= 0.3 is 0 Å². The molecule has 0 saturated carbocycles. The van der Waals surface area contributed by atoms with E-state index >= 15 is 0 Å². The van der Waals surface area contributed by atoms with Crippen molar-refractivity contribution >= 4 is 58.4 Å². The first-order valence-electron chi connectivity index (χ1n) is 10.5. The summed E-state index contributed by atoms with van der Waals surface area (Å²) in [5, 5.41) is 1.23. The highest BCUT2D eigenvalue weighted by Crippen LogP contribution is 2.18. The van der Waals surface area contributed by atoms with Crippen molar-refractivity contribution in [1.82, 2.24) is 9.80 Å². The largest absolute Gasteiger partial charge is 0.369 e. The normalized spacial score (nSPS) is 20.6. The summed E-state index contributed by atoms with van der Waals surface area (Å²) in [5.74, 6) is 0.644. The lowest BCUT2D eigenvalue weighted by atomic mass is 10.1. The second-order valence-corrected chi connectivity index (χ2v) is 8.71. The first kappa shape index (κ1) is 25.1. The van der Waals surface area contributed by atoms with Crippen molar-refractivity contribution in [2.75, 3.05) is 13.1 Å². The van der Waals surface area contributed by atoms with Gasteiger partial charge in [-0.25, -0.2) is 9.98 Å². The zero-order valence-electron chi connectivity index (χ0n) is 18.9. The van der Waals surface area contributed by atoms with E-state index in [0.717, 1.165) is 0 Å². The lowest BCUT2D eigenvalue weighted by molar-refractivity contribution is 0.143. The Hall–Kier alpha value is -3.50. The molecular formula is C22H28Cl2N10. The molecule has 1 aliphatic rings. The van der Waals surface area contributed by atoms with E-state index in [1.165, 1.54) is 0 Å². The van der Waals surface area contributed by atoms with E-state index in [4.69, 9.17) is 46.1 Å². The van der Waals surface area contributed by atoms with E-state index in [-0.39, 0.29) is 35.9 Å². The van der Waals surface area contributed by atoms with Gasteiger partial charge in [0.05, 0.1) is 11.4 Å². The van der Waals surface area contributed by atoms with Crippen LogP contribution in [0.25, 0.3) is 0 Å². The van der Waals surface area contributed by atoms with Gasteiger partial charge in [0.25, 0.3) is 0 Å². The average Bonchev–Trinajstić information content (AvgIpc) is 2.78. The summed E-state index contributed by atoms with van der Waals surface area (Å²) in [4.78, 5) is 20.9. The van der Waals surface area contributed by atoms with Crippen molar-refractivity contribution < 1.29 is 0 Å². The molecule has 0 bridgehead atoms. The molecule has 0 amide bonds. The Balaban J connectivity index is 1.68. The molecule has 1 heterocycles. The zero-order valence-corrected chi connectivity index (χ0v) is 20.4. The minimum absolute atomic E-state index is 0.0218. The monoisotopic (exact) mass is 502 g/mol. The minimum Gasteiger partial charge on any atom is -0.369 e. The first-order chi connectivity index (χ1) is 16.1. The van der Waals surface area contributed by atoms with E-state index < -0.39 is 0 Å². The van der Waals surface area contributed by atoms with Crippen LogP contribution < -0.4 is 22.9 Å². The van der Waals surface area contributed by atoms with Crippen molar-refractivity contribution in [3.05, 3.63) is 58.6 Å². The van der Waals surface area contributed by atoms with Gasteiger partial charge in [0.15, 0.2) is 11.9 Å². The first-order valence-corrected chi connectivity index (χ1v) is 11.3. The van der Waals surface area contributed by atoms with Gasteiger partial charge in [0, 0.05) is 35.2 Å². The van der Waals surface area contributed by atoms with Crippen LogP contribution in [-0.4, -0.2) is 58.8 Å². The van der Waals surface area contributed by atoms with Crippen molar-refractivity contribution in [2.24, 2.45) is 42.9 Å². The molecule has 3 rings (SSSR count). The van der Waals surface area contributed by atoms with Crippen LogP contribution in [0, 0.1) is 0 Å². The third kappa shape index (κ3) is 6.75. The van der Waals surface area contributed by atoms with Crippen LogP contribution in [0.1, 0.15) is 13.8 Å². The average molecular weight is 503 g/mol. The quantitative estimate of drug-likeness (QED) is 0.364. The lowest BCUT2D eigenvalue weighted by Crippen LogP contribution is -2.62. The topological polar surface area (TPSA) is 160 Å². The Bertz CT molecular complexity index is 1020. The Kier molecular flexibility index (Phi) is 8.19. The van der Waals surface area contributed by atoms with Crippen LogP contribution in [0.2, 0.25) is 10.0 Å². The predicted molar refractivity (Wildman–Crippen MR) is 141 cm³/mol. The molecule has 0 spiro atoms. The number of nitrogens with two attached hydrogens (primary N) is 4. The fourth-order valence-electron chi connectivity index (χ4n) is 3.47. The molecule has 34 heavy (non-hydrogen) atoms. The molecule has 2 aromatic rings. The Morgan fingerprint density at radius 2 is 1.00 bits per heavy atom. The van der Waals surface area contributed by atoms with E-state index in [0.29, 0.717) is 34.5 Å². The molecule has 2 unspecified atom stereocenters. The summed E-state index contributed by atoms with van der Waals surface area (Å²) >= 11 is 11.8. The van der Waals surface area contributed by atoms with Gasteiger partial charge in [0.2, 0.25) is 11.9 Å². The van der Waals surface area contributed by atoms with Crippen LogP contribution >= 0.6 is 23.2 Å². The van der Waals surface area contributed by atoms with Gasteiger partial charge in [0.1, 0.15) is 0 Å². The van der Waals surface area contributed by atoms with Crippen LogP contribution in [0.3, 0.4) is 0 Å². The molecule has 2 atom stereocenters. The maximum Gasteiger partial charge on any atom is 0.223 e. The number of aliphatic imine (C=N–C) groups is 4. The number of piperazine rings is 1. The van der Waals surface area contributed by atoms with Gasteiger partial charge in [-0.1, -0.05) is 23.2 Å². The standard InChI is InChI=1S/C22H28Cl2N10/c1-13-11-34(22(28)32-20(26)30-18-9-5-16(24)6-10-18)14(2)12-33(13)21(27)31-19(25)29-17-7-3-15(23)4-8-17/h3-10,13-14H,11-12H2,1-2H3,(H4,25,27,29,31)(H4,26,28,30,32). The Labute approximate surface area is 208 Å². The fourth-order valence-corrected chi connectivity index (χ4v) is 3.73. The van der Waals surface area contributed by atoms with Crippen molar-refractivity contribution in [3.8, 4) is 0 Å². The van der Waals surface area contributed by atoms with Gasteiger partial charge in [-0.15, -0.1) is 0 Å². The number of halogens is 2. The third-order valence-electron chi connectivity index (χ3n) is 5.17. The Morgan fingerprint density at radius 1 is 0.676 bits per heavy atom. The molecular weight excluding hydrogens is 475 g/mol. The number of rotatable bonds is 2. The predicted octanol–water partition coefficient (Wildman–Crippen LogP) is 2.61. The second-order valence-electron chi connectivity index (χ2n) is 7.84. The van der Waals surface area contributed by atoms with Crippen molar-refractivity contribution in [2.45, 2.75) is 25.9 Å². The number of benzene rings is 2. The number of hydrogen-bond acceptors (Lipinski definition) is 2. The van der Waals surface area contributed by atoms with Crippen molar-refractivity contribution in [3.63, 3.8) is 0 Å². The molecule has 2 aromatic carbocycles. The van der Waals surface area contributed by atoms with Crippen molar-refractivity contribution in [1.29, 1.82) is 0 Å². The molecule has 10 nitrogen and oxygen atoms in total. The zero-order chi connectivity index (χ0) is 24.8. The van der Waals surface area contributed by atoms with E-state index in [1.54, 1.807) is 48.5 Å². The molecule has 8 N–H and O–H groups in total. The smallest absolute Gasteiger partial charge is 0.223 e. The third-order valence-corrected chi connectivity index (χ3v) is 5.68. The number of nitrogens with zero attached hydrogens (tertiary/aromatic N) is 6. The summed E-state index contributed by atoms with van der Waals surface area (Å²) in [7, 11) is 0. The molecule has 0 radical (unpaired) electrons. The van der Waals surface area contributed by atoms with E-state index in [2.05, 4.69) is 20.0 Å². The molecule has 12 heteroatoms. The summed E-state index contributed by atoms with van der Waals surface area (Å²) < 4.78 is 0. The van der Waals surface area contributed by atoms with Gasteiger partial charge in [-0.3, -0.25) is 0 Å². The summed E-state index contributed by atoms with van der Waals surface area (Å²) in [6, 6.07) is 13.8. The summed E-state index contributed by atoms with van der Waals surface area (Å²) in [6.07, 6.45) is 0. The SMILES string of the molecule is CC1CN(/C(N)=N/C(N)=Nc2ccc(Cl)cc2)C(C)CN1/C(N)=N/C(N)=Nc1ccc(Cl)cc1. The fraction of sp³-hybridized carbons (Fsp3) is 0.273. The van der Waals surface area contributed by atoms with Crippen LogP contribution in [0.15, 0.2) is 68.5 Å². The molecule has 1 fully saturated rings. The number of guanidine groups is 4. The van der Waals surface area contributed by atoms with Gasteiger partial charge < -0.3 is 32.7 Å². The van der Waals surface area contributed by atoms with E-state index in [9.17, 15) is 0 Å². The highest BCUT2D eigenvalue weighted by molar-refractivity contribution is 6.30. The van der Waals surface area contributed by atoms with Gasteiger partial charge in [-0.2, -0.15) is 9.98 Å². The Morgan fingerprint density at radius 3 is 1.32 bits per heavy atom. The van der Waals surface area contributed by atoms with Crippen LogP contribution in [0.5, 0.6) is 0 Å². The lowest BCUT2D eigenvalue weighted by Gasteiger charge is -2.44. The maximum absolute atomic E-state index is 6.24. The second kappa shape index (κ2) is 11.1. The molecule has 0 aromatic heterocycles. The van der Waals surface area contributed by atoms with E-state index in [1.807, 2.05) is 23.6 Å². The summed E-state index contributed by atoms with van der Waals surface area (Å²) in [5.41, 5.74) is 25.7. The highest BCUT2D eigenvalue weighted by Gasteiger charge is 2.31. The summed E-state index contributed by atoms with van der Waals surface area (Å²) in [6.45, 7) is 5.11. The van der Waals surface area contributed by atoms with Crippen LogP contribution in [0.4, 0.5) is 11.4 Å². The minimum atomic E-state index is -0.0218. The number of hydrogen-bond donors (Lipinski definition) is 4. The highest BCUT2D eigenvalue weighted by atomic mass is 35.5. The molecule has 0 aliphatic carbocycles. The molecule has 180 valence electrons. The van der Waals surface area contributed by atoms with Gasteiger partial charge in [-0.05, 0) is 62.4 Å². The molecule has 1 saturated heterocycles.